The van der Waals surface area contributed by atoms with Crippen LogP contribution in [0, 0.1) is 0 Å². The molecule has 0 spiro atoms. The molecular formula is C13H14BrNO3. The number of hydrogen-bond acceptors (Lipinski definition) is 2. The van der Waals surface area contributed by atoms with Gasteiger partial charge in [0.05, 0.1) is 5.56 Å². The summed E-state index contributed by atoms with van der Waals surface area (Å²) >= 11 is 3.30. The summed E-state index contributed by atoms with van der Waals surface area (Å²) in [4.78, 5) is 21.7. The van der Waals surface area contributed by atoms with Crippen molar-refractivity contribution in [2.24, 2.45) is 0 Å². The van der Waals surface area contributed by atoms with E-state index >= 15 is 0 Å². The van der Waals surface area contributed by atoms with Gasteiger partial charge in [0, 0.05) is 17.9 Å². The van der Waals surface area contributed by atoms with Crippen LogP contribution in [0.4, 0.5) is 0 Å². The van der Waals surface area contributed by atoms with Gasteiger partial charge in [-0.25, -0.2) is 4.79 Å². The Kier molecular flexibility index (Phi) is 5.58. The number of hydrogen-bond donors (Lipinski definition) is 2. The Hall–Kier alpha value is -1.62. The van der Waals surface area contributed by atoms with Crippen LogP contribution in [0.5, 0.6) is 0 Å². The van der Waals surface area contributed by atoms with E-state index in [0.717, 1.165) is 4.47 Å². The standard InChI is InChI=1S/C13H14BrNO3/c1-9(16)15-7-3-2-4-10-8-11(14)5-6-12(10)13(17)18/h2,4-6,8H,3,7H2,1H3,(H,15,16)(H,17,18). The van der Waals surface area contributed by atoms with E-state index < -0.39 is 5.97 Å². The molecule has 18 heavy (non-hydrogen) atoms. The fourth-order valence-corrected chi connectivity index (χ4v) is 1.79. The Bertz CT molecular complexity index is 483. The third kappa shape index (κ3) is 4.71. The molecular weight excluding hydrogens is 298 g/mol. The summed E-state index contributed by atoms with van der Waals surface area (Å²) in [7, 11) is 0. The number of carboxylic acids is 1. The molecule has 0 aliphatic rings. The lowest BCUT2D eigenvalue weighted by molar-refractivity contribution is -0.118. The van der Waals surface area contributed by atoms with Crippen molar-refractivity contribution < 1.29 is 14.7 Å². The average molecular weight is 312 g/mol. The largest absolute Gasteiger partial charge is 0.478 e. The fraction of sp³-hybridized carbons (Fsp3) is 0.231. The van der Waals surface area contributed by atoms with Gasteiger partial charge >= 0.3 is 5.97 Å². The van der Waals surface area contributed by atoms with Crippen LogP contribution in [0.1, 0.15) is 29.3 Å². The van der Waals surface area contributed by atoms with Crippen LogP contribution in [0.3, 0.4) is 0 Å². The Balaban J connectivity index is 2.70. The number of carbonyl (C=O) groups is 2. The molecule has 0 bridgehead atoms. The second-order valence-corrected chi connectivity index (χ2v) is 4.63. The first kappa shape index (κ1) is 14.4. The summed E-state index contributed by atoms with van der Waals surface area (Å²) in [5, 5.41) is 11.7. The molecule has 0 radical (unpaired) electrons. The SMILES string of the molecule is CC(=O)NCCC=Cc1cc(Br)ccc1C(=O)O. The van der Waals surface area contributed by atoms with Gasteiger partial charge in [0.2, 0.25) is 5.91 Å². The highest BCUT2D eigenvalue weighted by molar-refractivity contribution is 9.10. The third-order valence-electron chi connectivity index (χ3n) is 2.23. The van der Waals surface area contributed by atoms with Gasteiger partial charge in [-0.1, -0.05) is 28.1 Å². The van der Waals surface area contributed by atoms with Crippen molar-refractivity contribution in [2.75, 3.05) is 6.54 Å². The normalized spacial score (nSPS) is 10.6. The lowest BCUT2D eigenvalue weighted by Gasteiger charge is -2.02. The molecule has 0 aliphatic heterocycles. The number of aromatic carboxylic acids is 1. The van der Waals surface area contributed by atoms with E-state index in [1.165, 1.54) is 6.92 Å². The van der Waals surface area contributed by atoms with Gasteiger partial charge in [0.25, 0.3) is 0 Å². The highest BCUT2D eigenvalue weighted by atomic mass is 79.9. The second-order valence-electron chi connectivity index (χ2n) is 3.71. The van der Waals surface area contributed by atoms with Crippen molar-refractivity contribution in [3.8, 4) is 0 Å². The first-order valence-corrected chi connectivity index (χ1v) is 6.24. The molecule has 4 nitrogen and oxygen atoms in total. The Morgan fingerprint density at radius 1 is 1.44 bits per heavy atom. The molecule has 0 aliphatic carbocycles. The van der Waals surface area contributed by atoms with Gasteiger partial charge in [-0.2, -0.15) is 0 Å². The zero-order chi connectivity index (χ0) is 13.5. The maximum Gasteiger partial charge on any atom is 0.336 e. The molecule has 0 aromatic heterocycles. The average Bonchev–Trinajstić information content (AvgIpc) is 2.27. The van der Waals surface area contributed by atoms with Gasteiger partial charge in [-0.05, 0) is 30.2 Å². The summed E-state index contributed by atoms with van der Waals surface area (Å²) in [6.45, 7) is 2.00. The highest BCUT2D eigenvalue weighted by Crippen LogP contribution is 2.18. The van der Waals surface area contributed by atoms with Crippen LogP contribution in [-0.2, 0) is 4.79 Å². The minimum atomic E-state index is -0.955. The monoisotopic (exact) mass is 311 g/mol. The Morgan fingerprint density at radius 2 is 2.17 bits per heavy atom. The van der Waals surface area contributed by atoms with E-state index in [0.29, 0.717) is 18.5 Å². The minimum Gasteiger partial charge on any atom is -0.478 e. The van der Waals surface area contributed by atoms with E-state index in [1.807, 2.05) is 6.08 Å². The van der Waals surface area contributed by atoms with E-state index in [1.54, 1.807) is 24.3 Å². The molecule has 1 rings (SSSR count). The van der Waals surface area contributed by atoms with Crippen LogP contribution in [0.25, 0.3) is 6.08 Å². The number of benzene rings is 1. The van der Waals surface area contributed by atoms with Gasteiger partial charge < -0.3 is 10.4 Å². The van der Waals surface area contributed by atoms with Crippen molar-refractivity contribution in [1.82, 2.24) is 5.32 Å². The zero-order valence-corrected chi connectivity index (χ0v) is 11.5. The van der Waals surface area contributed by atoms with E-state index in [4.69, 9.17) is 5.11 Å². The summed E-state index contributed by atoms with van der Waals surface area (Å²) in [6, 6.07) is 5.00. The molecule has 0 saturated carbocycles. The van der Waals surface area contributed by atoms with Gasteiger partial charge in [-0.15, -0.1) is 0 Å². The van der Waals surface area contributed by atoms with Gasteiger partial charge in [0.15, 0.2) is 0 Å². The molecule has 1 aromatic carbocycles. The lowest BCUT2D eigenvalue weighted by atomic mass is 10.1. The van der Waals surface area contributed by atoms with Crippen LogP contribution in [0.2, 0.25) is 0 Å². The third-order valence-corrected chi connectivity index (χ3v) is 2.72. The first-order valence-electron chi connectivity index (χ1n) is 5.44. The number of nitrogens with one attached hydrogen (secondary N) is 1. The molecule has 1 aromatic rings. The zero-order valence-electron chi connectivity index (χ0n) is 9.94. The Labute approximate surface area is 114 Å². The van der Waals surface area contributed by atoms with Gasteiger partial charge in [0.1, 0.15) is 0 Å². The topological polar surface area (TPSA) is 66.4 Å². The summed E-state index contributed by atoms with van der Waals surface area (Å²) in [5.41, 5.74) is 0.897. The molecule has 0 atom stereocenters. The highest BCUT2D eigenvalue weighted by Gasteiger charge is 2.07. The van der Waals surface area contributed by atoms with Crippen molar-refractivity contribution >= 4 is 33.9 Å². The first-order chi connectivity index (χ1) is 8.50. The summed E-state index contributed by atoms with van der Waals surface area (Å²) in [6.07, 6.45) is 4.24. The van der Waals surface area contributed by atoms with Gasteiger partial charge in [-0.3, -0.25) is 4.79 Å². The quantitative estimate of drug-likeness (QED) is 0.822. The van der Waals surface area contributed by atoms with E-state index in [2.05, 4.69) is 21.2 Å². The maximum atomic E-state index is 11.0. The molecule has 96 valence electrons. The molecule has 5 heteroatoms. The van der Waals surface area contributed by atoms with E-state index in [9.17, 15) is 9.59 Å². The number of carbonyl (C=O) groups excluding carboxylic acids is 1. The smallest absolute Gasteiger partial charge is 0.336 e. The molecule has 0 saturated heterocycles. The van der Waals surface area contributed by atoms with Crippen LogP contribution in [-0.4, -0.2) is 23.5 Å². The summed E-state index contributed by atoms with van der Waals surface area (Å²) < 4.78 is 0.828. The predicted molar refractivity (Wildman–Crippen MR) is 73.4 cm³/mol. The van der Waals surface area contributed by atoms with Crippen LogP contribution in [0.15, 0.2) is 28.7 Å². The van der Waals surface area contributed by atoms with Crippen molar-refractivity contribution in [2.45, 2.75) is 13.3 Å². The number of carboxylic acid groups (broad SMARTS) is 1. The predicted octanol–water partition coefficient (Wildman–Crippen LogP) is 2.69. The number of halogens is 1. The Morgan fingerprint density at radius 3 is 2.78 bits per heavy atom. The van der Waals surface area contributed by atoms with Crippen molar-refractivity contribution in [3.63, 3.8) is 0 Å². The molecule has 0 unspecified atom stereocenters. The van der Waals surface area contributed by atoms with E-state index in [-0.39, 0.29) is 11.5 Å². The minimum absolute atomic E-state index is 0.0721. The second kappa shape index (κ2) is 6.96. The fourth-order valence-electron chi connectivity index (χ4n) is 1.41. The number of amides is 1. The maximum absolute atomic E-state index is 11.0. The molecule has 0 fully saturated rings. The molecule has 2 N–H and O–H groups in total. The van der Waals surface area contributed by atoms with Crippen LogP contribution < -0.4 is 5.32 Å². The van der Waals surface area contributed by atoms with Crippen molar-refractivity contribution in [1.29, 1.82) is 0 Å². The lowest BCUT2D eigenvalue weighted by Crippen LogP contribution is -2.20. The summed E-state index contributed by atoms with van der Waals surface area (Å²) in [5.74, 6) is -1.03. The van der Waals surface area contributed by atoms with Crippen molar-refractivity contribution in [3.05, 3.63) is 39.9 Å². The van der Waals surface area contributed by atoms with Crippen LogP contribution >= 0.6 is 15.9 Å². The molecule has 1 amide bonds. The number of rotatable bonds is 5. The molecule has 0 heterocycles.